The Kier molecular flexibility index (Phi) is 3.90. The quantitative estimate of drug-likeness (QED) is 0.857. The molecule has 4 heteroatoms. The van der Waals surface area contributed by atoms with Crippen LogP contribution < -0.4 is 5.32 Å². The summed E-state index contributed by atoms with van der Waals surface area (Å²) in [6.07, 6.45) is 2.04. The summed E-state index contributed by atoms with van der Waals surface area (Å²) in [6.45, 7) is 3.43. The van der Waals surface area contributed by atoms with Gasteiger partial charge in [-0.1, -0.05) is 18.2 Å². The Morgan fingerprint density at radius 2 is 2.16 bits per heavy atom. The maximum absolute atomic E-state index is 13.7. The van der Waals surface area contributed by atoms with Gasteiger partial charge in [0.05, 0.1) is 18.1 Å². The Labute approximate surface area is 112 Å². The lowest BCUT2D eigenvalue weighted by atomic mass is 9.93. The van der Waals surface area contributed by atoms with Crippen LogP contribution in [0, 0.1) is 11.7 Å². The Balaban J connectivity index is 2.09. The molecule has 1 aromatic carbocycles. The van der Waals surface area contributed by atoms with Gasteiger partial charge < -0.3 is 10.4 Å². The highest BCUT2D eigenvalue weighted by Crippen LogP contribution is 2.39. The van der Waals surface area contributed by atoms with E-state index in [0.29, 0.717) is 11.5 Å². The third-order valence-corrected chi connectivity index (χ3v) is 3.98. The van der Waals surface area contributed by atoms with Gasteiger partial charge in [-0.05, 0) is 44.2 Å². The molecule has 19 heavy (non-hydrogen) atoms. The number of hydrogen-bond acceptors (Lipinski definition) is 2. The van der Waals surface area contributed by atoms with Crippen molar-refractivity contribution in [1.29, 1.82) is 0 Å². The molecule has 0 spiro atoms. The van der Waals surface area contributed by atoms with Gasteiger partial charge in [-0.3, -0.25) is 4.79 Å². The zero-order valence-corrected chi connectivity index (χ0v) is 11.3. The molecule has 2 N–H and O–H groups in total. The summed E-state index contributed by atoms with van der Waals surface area (Å²) in [5, 5.41) is 12.3. The van der Waals surface area contributed by atoms with Crippen LogP contribution in [0.1, 0.15) is 38.2 Å². The fourth-order valence-corrected chi connectivity index (χ4v) is 2.35. The molecule has 0 aromatic heterocycles. The third-order valence-electron chi connectivity index (χ3n) is 3.98. The number of benzene rings is 1. The first kappa shape index (κ1) is 14.0. The molecule has 0 saturated heterocycles. The molecule has 0 heterocycles. The molecule has 1 amide bonds. The second kappa shape index (κ2) is 5.29. The Morgan fingerprint density at radius 1 is 1.53 bits per heavy atom. The van der Waals surface area contributed by atoms with E-state index in [0.717, 1.165) is 12.8 Å². The minimum absolute atomic E-state index is 0.0899. The van der Waals surface area contributed by atoms with Gasteiger partial charge in [0, 0.05) is 0 Å². The van der Waals surface area contributed by atoms with Crippen LogP contribution in [-0.4, -0.2) is 23.2 Å². The van der Waals surface area contributed by atoms with Gasteiger partial charge in [-0.2, -0.15) is 0 Å². The van der Waals surface area contributed by atoms with Crippen molar-refractivity contribution in [3.63, 3.8) is 0 Å². The lowest BCUT2D eigenvalue weighted by molar-refractivity contribution is -0.124. The molecular weight excluding hydrogens is 245 g/mol. The van der Waals surface area contributed by atoms with Crippen molar-refractivity contribution < 1.29 is 14.3 Å². The largest absolute Gasteiger partial charge is 0.394 e. The van der Waals surface area contributed by atoms with Crippen LogP contribution in [0.4, 0.5) is 4.39 Å². The van der Waals surface area contributed by atoms with Crippen molar-refractivity contribution >= 4 is 5.91 Å². The fraction of sp³-hybridized carbons (Fsp3) is 0.533. The van der Waals surface area contributed by atoms with Gasteiger partial charge in [0.2, 0.25) is 5.91 Å². The first-order chi connectivity index (χ1) is 8.98. The van der Waals surface area contributed by atoms with Gasteiger partial charge in [0.25, 0.3) is 0 Å². The Bertz CT molecular complexity index is 473. The topological polar surface area (TPSA) is 49.3 Å². The maximum Gasteiger partial charge on any atom is 0.227 e. The average molecular weight is 265 g/mol. The van der Waals surface area contributed by atoms with E-state index in [1.165, 1.54) is 6.07 Å². The number of aliphatic hydroxyl groups is 1. The highest BCUT2D eigenvalue weighted by atomic mass is 19.1. The molecule has 1 aliphatic rings. The van der Waals surface area contributed by atoms with Gasteiger partial charge in [-0.25, -0.2) is 4.39 Å². The molecule has 3 nitrogen and oxygen atoms in total. The number of nitrogens with one attached hydrogen (secondary N) is 1. The Morgan fingerprint density at radius 3 is 2.68 bits per heavy atom. The minimum atomic E-state index is -0.587. The molecule has 0 aliphatic heterocycles. The lowest BCUT2D eigenvalue weighted by Crippen LogP contribution is -2.52. The second-order valence-electron chi connectivity index (χ2n) is 5.58. The van der Waals surface area contributed by atoms with Crippen molar-refractivity contribution in [3.8, 4) is 0 Å². The smallest absolute Gasteiger partial charge is 0.227 e. The summed E-state index contributed by atoms with van der Waals surface area (Å²) in [4.78, 5) is 12.2. The van der Waals surface area contributed by atoms with Crippen molar-refractivity contribution in [2.24, 2.45) is 5.92 Å². The van der Waals surface area contributed by atoms with Crippen molar-refractivity contribution in [1.82, 2.24) is 5.32 Å². The van der Waals surface area contributed by atoms with E-state index in [1.54, 1.807) is 25.1 Å². The standard InChI is InChI=1S/C15H20FNO2/c1-10(12-5-3-4-6-13(12)16)14(19)17-15(2,9-18)11-7-8-11/h3-6,10-11,18H,7-9H2,1-2H3,(H,17,19). The van der Waals surface area contributed by atoms with E-state index in [1.807, 2.05) is 6.92 Å². The average Bonchev–Trinajstić information content (AvgIpc) is 3.23. The van der Waals surface area contributed by atoms with Gasteiger partial charge in [0.15, 0.2) is 0 Å². The molecule has 1 aliphatic carbocycles. The summed E-state index contributed by atoms with van der Waals surface area (Å²) in [7, 11) is 0. The monoisotopic (exact) mass is 265 g/mol. The number of carbonyl (C=O) groups excluding carboxylic acids is 1. The van der Waals surface area contributed by atoms with E-state index in [2.05, 4.69) is 5.32 Å². The number of amides is 1. The molecule has 104 valence electrons. The second-order valence-corrected chi connectivity index (χ2v) is 5.58. The summed E-state index contributed by atoms with van der Waals surface area (Å²) in [5.41, 5.74) is -0.201. The molecule has 0 bridgehead atoms. The highest BCUT2D eigenvalue weighted by Gasteiger charge is 2.42. The summed E-state index contributed by atoms with van der Waals surface area (Å²) >= 11 is 0. The first-order valence-corrected chi connectivity index (χ1v) is 6.65. The molecule has 2 atom stereocenters. The highest BCUT2D eigenvalue weighted by molar-refractivity contribution is 5.84. The Hall–Kier alpha value is -1.42. The summed E-state index contributed by atoms with van der Waals surface area (Å²) in [5.74, 6) is -0.851. The normalized spacial score (nSPS) is 19.6. The van der Waals surface area contributed by atoms with Crippen molar-refractivity contribution in [2.75, 3.05) is 6.61 Å². The van der Waals surface area contributed by atoms with E-state index in [9.17, 15) is 14.3 Å². The van der Waals surface area contributed by atoms with Crippen molar-refractivity contribution in [3.05, 3.63) is 35.6 Å². The molecule has 2 rings (SSSR count). The zero-order chi connectivity index (χ0) is 14.0. The number of aliphatic hydroxyl groups excluding tert-OH is 1. The predicted octanol–water partition coefficient (Wildman–Crippen LogP) is 2.21. The third kappa shape index (κ3) is 2.95. The van der Waals surface area contributed by atoms with Gasteiger partial charge in [-0.15, -0.1) is 0 Å². The van der Waals surface area contributed by atoms with E-state index in [-0.39, 0.29) is 18.3 Å². The molecule has 1 saturated carbocycles. The maximum atomic E-state index is 13.7. The number of hydrogen-bond donors (Lipinski definition) is 2. The molecule has 2 unspecified atom stereocenters. The SMILES string of the molecule is CC(C(=O)NC(C)(CO)C1CC1)c1ccccc1F. The summed E-state index contributed by atoms with van der Waals surface area (Å²) < 4.78 is 13.7. The van der Waals surface area contributed by atoms with Crippen molar-refractivity contribution in [2.45, 2.75) is 38.1 Å². The van der Waals surface area contributed by atoms with Crippen LogP contribution in [0.15, 0.2) is 24.3 Å². The van der Waals surface area contributed by atoms with Crippen LogP contribution >= 0.6 is 0 Å². The van der Waals surface area contributed by atoms with Crippen LogP contribution in [0.25, 0.3) is 0 Å². The van der Waals surface area contributed by atoms with E-state index >= 15 is 0 Å². The number of halogens is 1. The first-order valence-electron chi connectivity index (χ1n) is 6.65. The summed E-state index contributed by atoms with van der Waals surface area (Å²) in [6, 6.07) is 6.29. The van der Waals surface area contributed by atoms with Crippen LogP contribution in [0.3, 0.4) is 0 Å². The minimum Gasteiger partial charge on any atom is -0.394 e. The van der Waals surface area contributed by atoms with Gasteiger partial charge >= 0.3 is 0 Å². The zero-order valence-electron chi connectivity index (χ0n) is 11.3. The lowest BCUT2D eigenvalue weighted by Gasteiger charge is -2.30. The van der Waals surface area contributed by atoms with Crippen LogP contribution in [0.5, 0.6) is 0 Å². The van der Waals surface area contributed by atoms with E-state index < -0.39 is 11.5 Å². The molecule has 0 radical (unpaired) electrons. The fourth-order valence-electron chi connectivity index (χ4n) is 2.35. The number of rotatable bonds is 5. The van der Waals surface area contributed by atoms with Crippen LogP contribution in [0.2, 0.25) is 0 Å². The molecule has 1 aromatic rings. The van der Waals surface area contributed by atoms with Crippen LogP contribution in [-0.2, 0) is 4.79 Å². The number of carbonyl (C=O) groups is 1. The molecule has 1 fully saturated rings. The molecular formula is C15H20FNO2. The van der Waals surface area contributed by atoms with E-state index in [4.69, 9.17) is 0 Å². The predicted molar refractivity (Wildman–Crippen MR) is 71.2 cm³/mol. The van der Waals surface area contributed by atoms with Gasteiger partial charge in [0.1, 0.15) is 5.82 Å².